The number of anilines is 1. The molecule has 3 rings (SSSR count). The molecule has 0 saturated carbocycles. The molecule has 2 unspecified atom stereocenters. The van der Waals surface area contributed by atoms with Gasteiger partial charge in [0, 0.05) is 6.16 Å². The van der Waals surface area contributed by atoms with Gasteiger partial charge in [-0.25, -0.2) is 18.4 Å². The summed E-state index contributed by atoms with van der Waals surface area (Å²) >= 11 is 0. The Hall–Kier alpha value is -1.52. The van der Waals surface area contributed by atoms with Crippen LogP contribution in [0.5, 0.6) is 0 Å². The van der Waals surface area contributed by atoms with E-state index in [0.717, 1.165) is 10.9 Å². The first-order chi connectivity index (χ1) is 15.1. The standard InChI is InChI=1S/C12H20N5O13P3/c1-2-31(21,29-33(25,26)30-32(22,23)24)27-3-5-7(18)8(19)11(28-5)17-4-14-6-9(17)15-12(13)16-10(6)20/h4-5,7-8,11,18-19H,2-3H2,1H3,(H,25,26)(H2,22,23,24)(H3,13,15,16,20)/t5-,7+,8+,11-,31?/m1/s1. The quantitative estimate of drug-likeness (QED) is 0.185. The Morgan fingerprint density at radius 1 is 1.21 bits per heavy atom. The van der Waals surface area contributed by atoms with E-state index in [1.54, 1.807) is 0 Å². The predicted octanol–water partition coefficient (Wildman–Crippen LogP) is -1.22. The summed E-state index contributed by atoms with van der Waals surface area (Å²) in [6.45, 7) is 0.464. The number of rotatable bonds is 9. The average molecular weight is 535 g/mol. The van der Waals surface area contributed by atoms with Crippen molar-refractivity contribution in [2.24, 2.45) is 0 Å². The number of nitrogens with two attached hydrogens (primary N) is 1. The van der Waals surface area contributed by atoms with Gasteiger partial charge in [0.1, 0.15) is 18.3 Å². The summed E-state index contributed by atoms with van der Waals surface area (Å²) in [6.07, 6.45) is -5.37. The number of phosphoric acid groups is 2. The van der Waals surface area contributed by atoms with Gasteiger partial charge in [0.15, 0.2) is 17.4 Å². The SMILES string of the molecule is CCP(=O)(OC[C@H]1O[C@@H](n2cnc3c(=O)[nH]c(N)nc32)[C@@H](O)[C@H]1O)OP(=O)(O)OP(=O)(O)O. The van der Waals surface area contributed by atoms with Gasteiger partial charge in [-0.15, -0.1) is 0 Å². The highest BCUT2D eigenvalue weighted by Gasteiger charge is 2.46. The Morgan fingerprint density at radius 3 is 2.48 bits per heavy atom. The Bertz CT molecular complexity index is 1230. The molecule has 2 aromatic heterocycles. The van der Waals surface area contributed by atoms with Crippen molar-refractivity contribution in [3.05, 3.63) is 16.7 Å². The number of nitrogens with zero attached hydrogens (tertiary/aromatic N) is 3. The number of aromatic nitrogens is 4. The zero-order valence-corrected chi connectivity index (χ0v) is 19.2. The third kappa shape index (κ3) is 5.95. The van der Waals surface area contributed by atoms with Gasteiger partial charge in [0.25, 0.3) is 5.56 Å². The van der Waals surface area contributed by atoms with Gasteiger partial charge >= 0.3 is 23.2 Å². The first-order valence-electron chi connectivity index (χ1n) is 8.93. The van der Waals surface area contributed by atoms with E-state index in [2.05, 4.69) is 23.6 Å². The molecule has 2 aromatic rings. The fraction of sp³-hybridized carbons (Fsp3) is 0.583. The summed E-state index contributed by atoms with van der Waals surface area (Å²) in [5, 5.41) is 20.7. The van der Waals surface area contributed by atoms with Crippen molar-refractivity contribution >= 4 is 40.4 Å². The number of hydrogen-bond donors (Lipinski definition) is 7. The van der Waals surface area contributed by atoms with Gasteiger partial charge < -0.3 is 39.9 Å². The van der Waals surface area contributed by atoms with E-state index in [1.165, 1.54) is 6.92 Å². The van der Waals surface area contributed by atoms with Crippen molar-refractivity contribution in [1.82, 2.24) is 19.5 Å². The lowest BCUT2D eigenvalue weighted by Crippen LogP contribution is -2.33. The van der Waals surface area contributed by atoms with E-state index in [1.807, 2.05) is 0 Å². The molecule has 21 heteroatoms. The van der Waals surface area contributed by atoms with Crippen molar-refractivity contribution in [3.8, 4) is 0 Å². The molecule has 0 radical (unpaired) electrons. The van der Waals surface area contributed by atoms with Gasteiger partial charge in [-0.1, -0.05) is 6.92 Å². The molecule has 18 nitrogen and oxygen atoms in total. The lowest BCUT2D eigenvalue weighted by atomic mass is 10.1. The van der Waals surface area contributed by atoms with Gasteiger partial charge in [0.2, 0.25) is 5.95 Å². The van der Waals surface area contributed by atoms with Crippen molar-refractivity contribution in [1.29, 1.82) is 0 Å². The van der Waals surface area contributed by atoms with Crippen LogP contribution in [0.4, 0.5) is 5.95 Å². The van der Waals surface area contributed by atoms with Crippen molar-refractivity contribution in [2.75, 3.05) is 18.5 Å². The molecule has 3 heterocycles. The highest BCUT2D eigenvalue weighted by Crippen LogP contribution is 2.67. The second-order valence-electron chi connectivity index (χ2n) is 6.67. The van der Waals surface area contributed by atoms with E-state index in [-0.39, 0.29) is 17.1 Å². The van der Waals surface area contributed by atoms with E-state index in [9.17, 15) is 33.6 Å². The molecule has 1 aliphatic rings. The highest BCUT2D eigenvalue weighted by molar-refractivity contribution is 7.68. The zero-order chi connectivity index (χ0) is 24.8. The molecule has 6 atom stereocenters. The van der Waals surface area contributed by atoms with Crippen LogP contribution in [-0.4, -0.2) is 75.5 Å². The van der Waals surface area contributed by atoms with Gasteiger partial charge in [0.05, 0.1) is 12.9 Å². The van der Waals surface area contributed by atoms with Gasteiger partial charge in [-0.05, 0) is 0 Å². The second-order valence-corrected chi connectivity index (χ2v) is 12.0. The number of fused-ring (bicyclic) bond motifs is 1. The van der Waals surface area contributed by atoms with Crippen LogP contribution in [0.15, 0.2) is 11.1 Å². The molecule has 0 bridgehead atoms. The molecule has 186 valence electrons. The fourth-order valence-electron chi connectivity index (χ4n) is 2.89. The third-order valence-electron chi connectivity index (χ3n) is 4.32. The summed E-state index contributed by atoms with van der Waals surface area (Å²) in [7, 11) is -15.5. The smallest absolute Gasteiger partial charge is 0.387 e. The largest absolute Gasteiger partial charge is 0.488 e. The van der Waals surface area contributed by atoms with E-state index in [4.69, 9.17) is 24.8 Å². The van der Waals surface area contributed by atoms with Crippen LogP contribution >= 0.6 is 23.2 Å². The highest BCUT2D eigenvalue weighted by atomic mass is 31.3. The fourth-order valence-corrected chi connectivity index (χ4v) is 6.82. The lowest BCUT2D eigenvalue weighted by Gasteiger charge is -2.22. The van der Waals surface area contributed by atoms with Crippen LogP contribution in [0, 0.1) is 0 Å². The minimum atomic E-state index is -5.50. The number of ether oxygens (including phenoxy) is 1. The molecule has 8 N–H and O–H groups in total. The van der Waals surface area contributed by atoms with Crippen LogP contribution in [0.1, 0.15) is 13.2 Å². The molecule has 0 aliphatic carbocycles. The minimum absolute atomic E-state index is 0.0626. The molecule has 33 heavy (non-hydrogen) atoms. The first kappa shape index (κ1) is 26.1. The molecular formula is C12H20N5O13P3. The van der Waals surface area contributed by atoms with E-state index >= 15 is 0 Å². The second kappa shape index (κ2) is 9.26. The van der Waals surface area contributed by atoms with Crippen LogP contribution in [0.2, 0.25) is 0 Å². The number of hydrogen-bond acceptors (Lipinski definition) is 13. The summed E-state index contributed by atoms with van der Waals surface area (Å²) in [5.41, 5.74) is 4.67. The molecule has 1 fully saturated rings. The van der Waals surface area contributed by atoms with Crippen molar-refractivity contribution in [3.63, 3.8) is 0 Å². The van der Waals surface area contributed by atoms with Gasteiger partial charge in [-0.3, -0.25) is 18.9 Å². The van der Waals surface area contributed by atoms with Crippen LogP contribution in [0.3, 0.4) is 0 Å². The molecular weight excluding hydrogens is 515 g/mol. The maximum Gasteiger partial charge on any atom is 0.488 e. The topological polar surface area (TPSA) is 279 Å². The summed E-state index contributed by atoms with van der Waals surface area (Å²) < 4.78 is 54.6. The Kier molecular flexibility index (Phi) is 7.32. The number of H-pyrrole nitrogens is 1. The maximum absolute atomic E-state index is 12.6. The van der Waals surface area contributed by atoms with Crippen LogP contribution in [-0.2, 0) is 31.6 Å². The number of aliphatic hydroxyl groups excluding tert-OH is 2. The Balaban J connectivity index is 1.75. The Labute approximate surface area is 183 Å². The predicted molar refractivity (Wildman–Crippen MR) is 107 cm³/mol. The van der Waals surface area contributed by atoms with Crippen molar-refractivity contribution < 1.29 is 56.5 Å². The molecule has 1 saturated heterocycles. The first-order valence-corrected chi connectivity index (χ1v) is 13.7. The van der Waals surface area contributed by atoms with Gasteiger partial charge in [-0.2, -0.15) is 9.29 Å². The number of nitrogen functional groups attached to an aromatic ring is 1. The molecule has 0 spiro atoms. The summed E-state index contributed by atoms with van der Waals surface area (Å²) in [4.78, 5) is 48.6. The molecule has 1 aliphatic heterocycles. The normalized spacial score (nSPS) is 27.5. The average Bonchev–Trinajstić information content (AvgIpc) is 3.20. The van der Waals surface area contributed by atoms with E-state index < -0.39 is 66.1 Å². The Morgan fingerprint density at radius 2 is 1.88 bits per heavy atom. The molecule has 0 amide bonds. The van der Waals surface area contributed by atoms with E-state index in [0.29, 0.717) is 0 Å². The number of nitrogens with one attached hydrogen (secondary N) is 1. The van der Waals surface area contributed by atoms with Crippen LogP contribution in [0.25, 0.3) is 11.2 Å². The number of imidazole rings is 1. The minimum Gasteiger partial charge on any atom is -0.387 e. The summed E-state index contributed by atoms with van der Waals surface area (Å²) in [5.74, 6) is -0.242. The monoisotopic (exact) mass is 535 g/mol. The maximum atomic E-state index is 12.6. The number of aromatic amines is 1. The van der Waals surface area contributed by atoms with Crippen LogP contribution < -0.4 is 11.3 Å². The lowest BCUT2D eigenvalue weighted by molar-refractivity contribution is -0.0483. The molecule has 0 aromatic carbocycles. The third-order valence-corrected chi connectivity index (χ3v) is 9.14. The van der Waals surface area contributed by atoms with Crippen molar-refractivity contribution in [2.45, 2.75) is 31.5 Å². The number of aliphatic hydroxyl groups is 2. The zero-order valence-electron chi connectivity index (χ0n) is 16.6. The summed E-state index contributed by atoms with van der Waals surface area (Å²) in [6, 6.07) is 0.